The van der Waals surface area contributed by atoms with Gasteiger partial charge in [0.25, 0.3) is 0 Å². The van der Waals surface area contributed by atoms with Crippen LogP contribution in [0.1, 0.15) is 0 Å². The first kappa shape index (κ1) is 8.07. The number of carbonyl (C=O) groups excluding carboxylic acids is 1. The number of carbonyl (C=O) groups is 1. The molecule has 1 fully saturated rings. The van der Waals surface area contributed by atoms with Crippen LogP contribution in [0.3, 0.4) is 0 Å². The van der Waals surface area contributed by atoms with E-state index >= 15 is 0 Å². The van der Waals surface area contributed by atoms with Crippen LogP contribution in [0.5, 0.6) is 0 Å². The molecule has 0 aliphatic carbocycles. The third-order valence-electron chi connectivity index (χ3n) is 1.11. The van der Waals surface area contributed by atoms with Crippen molar-refractivity contribution in [3.05, 3.63) is 12.7 Å². The van der Waals surface area contributed by atoms with Gasteiger partial charge in [-0.2, -0.15) is 0 Å². The minimum atomic E-state index is -0.666. The third kappa shape index (κ3) is 3.62. The van der Waals surface area contributed by atoms with Gasteiger partial charge in [0.05, 0.1) is 6.61 Å². The summed E-state index contributed by atoms with van der Waals surface area (Å²) in [7, 11) is 0. The average Bonchev–Trinajstić information content (AvgIpc) is 2.80. The summed E-state index contributed by atoms with van der Waals surface area (Å²) in [6.45, 7) is 4.53. The molecule has 1 rings (SSSR count). The van der Waals surface area contributed by atoms with Crippen molar-refractivity contribution >= 4 is 6.16 Å². The monoisotopic (exact) mass is 158 g/mol. The van der Waals surface area contributed by atoms with E-state index in [4.69, 9.17) is 4.74 Å². The summed E-state index contributed by atoms with van der Waals surface area (Å²) in [6, 6.07) is 0. The average molecular weight is 158 g/mol. The van der Waals surface area contributed by atoms with Gasteiger partial charge in [0.1, 0.15) is 19.3 Å². The SMILES string of the molecule is C=CCOC(=O)OCC1CO1. The molecule has 0 bridgehead atoms. The Balaban J connectivity index is 1.95. The summed E-state index contributed by atoms with van der Waals surface area (Å²) in [5.74, 6) is 0. The quantitative estimate of drug-likeness (QED) is 0.343. The largest absolute Gasteiger partial charge is 0.508 e. The van der Waals surface area contributed by atoms with E-state index in [1.54, 1.807) is 0 Å². The lowest BCUT2D eigenvalue weighted by Crippen LogP contribution is -2.11. The van der Waals surface area contributed by atoms with Gasteiger partial charge >= 0.3 is 6.16 Å². The smallest absolute Gasteiger partial charge is 0.431 e. The molecular weight excluding hydrogens is 148 g/mol. The van der Waals surface area contributed by atoms with Crippen LogP contribution in [0.4, 0.5) is 4.79 Å². The van der Waals surface area contributed by atoms with Crippen LogP contribution in [0.15, 0.2) is 12.7 Å². The lowest BCUT2D eigenvalue weighted by atomic mass is 10.5. The van der Waals surface area contributed by atoms with Crippen LogP contribution in [-0.2, 0) is 14.2 Å². The normalized spacial score (nSPS) is 20.5. The topological polar surface area (TPSA) is 48.1 Å². The molecule has 1 aliphatic rings. The van der Waals surface area contributed by atoms with E-state index in [0.717, 1.165) is 0 Å². The fourth-order valence-corrected chi connectivity index (χ4v) is 0.494. The lowest BCUT2D eigenvalue weighted by Gasteiger charge is -2.00. The minimum Gasteiger partial charge on any atom is -0.431 e. The number of epoxide rings is 1. The molecule has 4 nitrogen and oxygen atoms in total. The van der Waals surface area contributed by atoms with Gasteiger partial charge in [-0.3, -0.25) is 0 Å². The molecule has 4 heteroatoms. The first-order valence-electron chi connectivity index (χ1n) is 3.35. The van der Waals surface area contributed by atoms with E-state index < -0.39 is 6.16 Å². The molecule has 1 unspecified atom stereocenters. The summed E-state index contributed by atoms with van der Waals surface area (Å²) in [4.78, 5) is 10.6. The van der Waals surface area contributed by atoms with Crippen LogP contribution in [-0.4, -0.2) is 32.1 Å². The minimum absolute atomic E-state index is 0.0891. The maximum atomic E-state index is 10.6. The van der Waals surface area contributed by atoms with Crippen molar-refractivity contribution in [2.45, 2.75) is 6.10 Å². The van der Waals surface area contributed by atoms with Crippen molar-refractivity contribution < 1.29 is 19.0 Å². The van der Waals surface area contributed by atoms with E-state index in [1.807, 2.05) is 0 Å². The van der Waals surface area contributed by atoms with Gasteiger partial charge in [-0.25, -0.2) is 4.79 Å². The standard InChI is InChI=1S/C7H10O4/c1-2-3-9-7(8)11-5-6-4-10-6/h2,6H,1,3-5H2. The second kappa shape index (κ2) is 3.98. The Labute approximate surface area is 64.7 Å². The number of ether oxygens (including phenoxy) is 3. The number of rotatable bonds is 4. The highest BCUT2D eigenvalue weighted by molar-refractivity contribution is 5.59. The maximum absolute atomic E-state index is 10.6. The van der Waals surface area contributed by atoms with Gasteiger partial charge in [-0.05, 0) is 0 Å². The molecule has 1 heterocycles. The Morgan fingerprint density at radius 3 is 3.00 bits per heavy atom. The Bertz CT molecular complexity index is 151. The molecule has 1 saturated heterocycles. The first-order chi connectivity index (χ1) is 5.33. The second-order valence-corrected chi connectivity index (χ2v) is 2.12. The highest BCUT2D eigenvalue weighted by Crippen LogP contribution is 2.08. The Kier molecular flexibility index (Phi) is 2.92. The molecule has 0 aromatic rings. The molecule has 0 radical (unpaired) electrons. The van der Waals surface area contributed by atoms with E-state index in [2.05, 4.69) is 16.1 Å². The van der Waals surface area contributed by atoms with Crippen LogP contribution in [0.25, 0.3) is 0 Å². The van der Waals surface area contributed by atoms with Gasteiger partial charge in [0.2, 0.25) is 0 Å². The molecule has 1 atom stereocenters. The van der Waals surface area contributed by atoms with Gasteiger partial charge < -0.3 is 14.2 Å². The summed E-state index contributed by atoms with van der Waals surface area (Å²) >= 11 is 0. The predicted octanol–water partition coefficient (Wildman–Crippen LogP) is 0.724. The molecule has 0 N–H and O–H groups in total. The molecule has 0 amide bonds. The van der Waals surface area contributed by atoms with Crippen molar-refractivity contribution in [2.24, 2.45) is 0 Å². The maximum Gasteiger partial charge on any atom is 0.508 e. The lowest BCUT2D eigenvalue weighted by molar-refractivity contribution is 0.0581. The summed E-state index contributed by atoms with van der Waals surface area (Å²) < 4.78 is 14.0. The molecule has 0 spiro atoms. The Hall–Kier alpha value is -1.03. The zero-order chi connectivity index (χ0) is 8.10. The molecule has 0 aromatic carbocycles. The van der Waals surface area contributed by atoms with E-state index in [1.165, 1.54) is 6.08 Å². The molecule has 1 aliphatic heterocycles. The number of hydrogen-bond donors (Lipinski definition) is 0. The molecular formula is C7H10O4. The van der Waals surface area contributed by atoms with Crippen molar-refractivity contribution in [3.63, 3.8) is 0 Å². The molecule has 0 saturated carbocycles. The van der Waals surface area contributed by atoms with Crippen LogP contribution in [0, 0.1) is 0 Å². The van der Waals surface area contributed by atoms with Crippen molar-refractivity contribution in [3.8, 4) is 0 Å². The second-order valence-electron chi connectivity index (χ2n) is 2.12. The van der Waals surface area contributed by atoms with Gasteiger partial charge in [0, 0.05) is 0 Å². The summed E-state index contributed by atoms with van der Waals surface area (Å²) in [5.41, 5.74) is 0. The van der Waals surface area contributed by atoms with E-state index in [-0.39, 0.29) is 19.3 Å². The fourth-order valence-electron chi connectivity index (χ4n) is 0.494. The summed E-state index contributed by atoms with van der Waals surface area (Å²) in [6.07, 6.45) is 0.904. The van der Waals surface area contributed by atoms with Gasteiger partial charge in [0.15, 0.2) is 0 Å². The van der Waals surface area contributed by atoms with E-state index in [9.17, 15) is 4.79 Å². The van der Waals surface area contributed by atoms with Crippen molar-refractivity contribution in [1.29, 1.82) is 0 Å². The van der Waals surface area contributed by atoms with Crippen LogP contribution < -0.4 is 0 Å². The molecule has 0 aromatic heterocycles. The highest BCUT2D eigenvalue weighted by atomic mass is 16.7. The Morgan fingerprint density at radius 2 is 2.45 bits per heavy atom. The fraction of sp³-hybridized carbons (Fsp3) is 0.571. The first-order valence-corrected chi connectivity index (χ1v) is 3.35. The van der Waals surface area contributed by atoms with E-state index in [0.29, 0.717) is 6.61 Å². The number of hydrogen-bond acceptors (Lipinski definition) is 4. The predicted molar refractivity (Wildman–Crippen MR) is 37.2 cm³/mol. The van der Waals surface area contributed by atoms with Crippen molar-refractivity contribution in [2.75, 3.05) is 19.8 Å². The van der Waals surface area contributed by atoms with Gasteiger partial charge in [-0.1, -0.05) is 12.7 Å². The third-order valence-corrected chi connectivity index (χ3v) is 1.11. The van der Waals surface area contributed by atoms with Gasteiger partial charge in [-0.15, -0.1) is 0 Å². The zero-order valence-electron chi connectivity index (χ0n) is 6.12. The molecule has 62 valence electrons. The van der Waals surface area contributed by atoms with Crippen molar-refractivity contribution in [1.82, 2.24) is 0 Å². The van der Waals surface area contributed by atoms with Crippen LogP contribution in [0.2, 0.25) is 0 Å². The Morgan fingerprint density at radius 1 is 1.73 bits per heavy atom. The molecule has 11 heavy (non-hydrogen) atoms. The zero-order valence-corrected chi connectivity index (χ0v) is 6.12. The highest BCUT2D eigenvalue weighted by Gasteiger charge is 2.24. The summed E-state index contributed by atoms with van der Waals surface area (Å²) in [5, 5.41) is 0. The van der Waals surface area contributed by atoms with Crippen LogP contribution >= 0.6 is 0 Å².